The monoisotopic (exact) mass is 241 g/mol. The lowest BCUT2D eigenvalue weighted by Crippen LogP contribution is -1.94. The Labute approximate surface area is 94.2 Å². The van der Waals surface area contributed by atoms with Crippen LogP contribution in [0.1, 0.15) is 10.5 Å². The molecular formula is C10H5ClFNO3. The van der Waals surface area contributed by atoms with Crippen molar-refractivity contribution in [2.75, 3.05) is 0 Å². The molecule has 0 aliphatic heterocycles. The second-order valence-corrected chi connectivity index (χ2v) is 3.41. The molecule has 0 fully saturated rings. The third-order valence-corrected chi connectivity index (χ3v) is 2.25. The Morgan fingerprint density at radius 1 is 1.44 bits per heavy atom. The van der Waals surface area contributed by atoms with Crippen LogP contribution >= 0.6 is 11.6 Å². The van der Waals surface area contributed by atoms with Gasteiger partial charge in [-0.3, -0.25) is 0 Å². The Morgan fingerprint density at radius 3 is 2.81 bits per heavy atom. The summed E-state index contributed by atoms with van der Waals surface area (Å²) in [5.41, 5.74) is 0.0111. The summed E-state index contributed by atoms with van der Waals surface area (Å²) in [6.45, 7) is 0. The van der Waals surface area contributed by atoms with E-state index in [9.17, 15) is 9.18 Å². The topological polar surface area (TPSA) is 63.3 Å². The minimum absolute atomic E-state index is 0.113. The number of carboxylic acids is 1. The van der Waals surface area contributed by atoms with Gasteiger partial charge >= 0.3 is 5.97 Å². The molecule has 6 heteroatoms. The molecule has 1 aromatic heterocycles. The second kappa shape index (κ2) is 3.94. The minimum atomic E-state index is -1.22. The Kier molecular flexibility index (Phi) is 2.62. The van der Waals surface area contributed by atoms with Crippen molar-refractivity contribution >= 4 is 17.6 Å². The number of carboxylic acid groups (broad SMARTS) is 1. The summed E-state index contributed by atoms with van der Waals surface area (Å²) in [6.07, 6.45) is 0. The molecule has 0 unspecified atom stereocenters. The number of hydrogen-bond donors (Lipinski definition) is 1. The first kappa shape index (κ1) is 10.6. The summed E-state index contributed by atoms with van der Waals surface area (Å²) in [5.74, 6) is -1.60. The van der Waals surface area contributed by atoms with Gasteiger partial charge in [-0.1, -0.05) is 16.8 Å². The minimum Gasteiger partial charge on any atom is -0.476 e. The highest BCUT2D eigenvalue weighted by Gasteiger charge is 2.14. The van der Waals surface area contributed by atoms with Gasteiger partial charge in [-0.05, 0) is 18.2 Å². The normalized spacial score (nSPS) is 10.4. The van der Waals surface area contributed by atoms with E-state index in [1.54, 1.807) is 0 Å². The molecule has 2 aromatic rings. The first-order valence-corrected chi connectivity index (χ1v) is 4.61. The third-order valence-electron chi connectivity index (χ3n) is 1.92. The van der Waals surface area contributed by atoms with Crippen molar-refractivity contribution in [3.8, 4) is 11.3 Å². The predicted octanol–water partition coefficient (Wildman–Crippen LogP) is 2.83. The van der Waals surface area contributed by atoms with Gasteiger partial charge in [0.2, 0.25) is 0 Å². The molecule has 0 amide bonds. The molecule has 0 radical (unpaired) electrons. The number of carbonyl (C=O) groups is 1. The zero-order chi connectivity index (χ0) is 11.7. The molecule has 1 N–H and O–H groups in total. The van der Waals surface area contributed by atoms with Crippen LogP contribution in [0, 0.1) is 5.82 Å². The third kappa shape index (κ3) is 1.90. The number of aromatic carboxylic acids is 1. The first-order chi connectivity index (χ1) is 7.58. The van der Waals surface area contributed by atoms with Crippen LogP contribution in [-0.4, -0.2) is 16.2 Å². The van der Waals surface area contributed by atoms with Crippen LogP contribution in [0.5, 0.6) is 0 Å². The van der Waals surface area contributed by atoms with Gasteiger partial charge in [0.05, 0.1) is 5.02 Å². The van der Waals surface area contributed by atoms with Crippen LogP contribution < -0.4 is 0 Å². The van der Waals surface area contributed by atoms with E-state index in [2.05, 4.69) is 5.16 Å². The van der Waals surface area contributed by atoms with Crippen molar-refractivity contribution in [2.24, 2.45) is 0 Å². The molecule has 0 aliphatic carbocycles. The van der Waals surface area contributed by atoms with Crippen molar-refractivity contribution in [3.63, 3.8) is 0 Å². The van der Waals surface area contributed by atoms with Crippen LogP contribution in [0.2, 0.25) is 5.02 Å². The standard InChI is InChI=1S/C10H5ClFNO3/c11-7-2-1-5(12)3-6(7)9-4-8(10(14)15)13-16-9/h1-4H,(H,14,15). The molecule has 16 heavy (non-hydrogen) atoms. The van der Waals surface area contributed by atoms with Crippen molar-refractivity contribution in [2.45, 2.75) is 0 Å². The average Bonchev–Trinajstić information content (AvgIpc) is 2.70. The van der Waals surface area contributed by atoms with E-state index in [4.69, 9.17) is 21.2 Å². The van der Waals surface area contributed by atoms with Gasteiger partial charge in [-0.15, -0.1) is 0 Å². The van der Waals surface area contributed by atoms with Crippen molar-refractivity contribution in [1.82, 2.24) is 5.16 Å². The largest absolute Gasteiger partial charge is 0.476 e. The molecule has 0 atom stereocenters. The maximum absolute atomic E-state index is 13.0. The Bertz CT molecular complexity index is 553. The van der Waals surface area contributed by atoms with Crippen LogP contribution in [0.4, 0.5) is 4.39 Å². The smallest absolute Gasteiger partial charge is 0.358 e. The number of rotatable bonds is 2. The first-order valence-electron chi connectivity index (χ1n) is 4.23. The van der Waals surface area contributed by atoms with E-state index < -0.39 is 11.8 Å². The summed E-state index contributed by atoms with van der Waals surface area (Å²) >= 11 is 5.82. The molecular weight excluding hydrogens is 237 g/mol. The van der Waals surface area contributed by atoms with E-state index in [0.29, 0.717) is 0 Å². The molecule has 1 heterocycles. The van der Waals surface area contributed by atoms with E-state index >= 15 is 0 Å². The summed E-state index contributed by atoms with van der Waals surface area (Å²) in [7, 11) is 0. The molecule has 0 saturated heterocycles. The molecule has 0 spiro atoms. The lowest BCUT2D eigenvalue weighted by atomic mass is 10.1. The molecule has 82 valence electrons. The summed E-state index contributed by atoms with van der Waals surface area (Å²) in [4.78, 5) is 10.6. The summed E-state index contributed by atoms with van der Waals surface area (Å²) in [5, 5.41) is 12.2. The Hall–Kier alpha value is -1.88. The van der Waals surface area contributed by atoms with Gasteiger partial charge in [-0.25, -0.2) is 9.18 Å². The zero-order valence-electron chi connectivity index (χ0n) is 7.78. The number of nitrogens with zero attached hydrogens (tertiary/aromatic N) is 1. The van der Waals surface area contributed by atoms with Crippen LogP contribution in [-0.2, 0) is 0 Å². The van der Waals surface area contributed by atoms with Gasteiger partial charge in [0.1, 0.15) is 5.82 Å². The number of hydrogen-bond acceptors (Lipinski definition) is 3. The highest BCUT2D eigenvalue weighted by Crippen LogP contribution is 2.28. The highest BCUT2D eigenvalue weighted by molar-refractivity contribution is 6.33. The molecule has 0 aliphatic rings. The van der Waals surface area contributed by atoms with Crippen LogP contribution in [0.15, 0.2) is 28.8 Å². The lowest BCUT2D eigenvalue weighted by molar-refractivity contribution is 0.0686. The predicted molar refractivity (Wildman–Crippen MR) is 53.9 cm³/mol. The molecule has 4 nitrogen and oxygen atoms in total. The van der Waals surface area contributed by atoms with Gasteiger partial charge in [0, 0.05) is 11.6 Å². The number of aromatic nitrogens is 1. The van der Waals surface area contributed by atoms with Crippen molar-refractivity contribution in [3.05, 3.63) is 40.8 Å². The summed E-state index contributed by atoms with van der Waals surface area (Å²) < 4.78 is 17.7. The number of halogens is 2. The van der Waals surface area contributed by atoms with Gasteiger partial charge in [0.15, 0.2) is 11.5 Å². The maximum Gasteiger partial charge on any atom is 0.358 e. The van der Waals surface area contributed by atoms with Gasteiger partial charge in [0.25, 0.3) is 0 Å². The fraction of sp³-hybridized carbons (Fsp3) is 0. The average molecular weight is 242 g/mol. The van der Waals surface area contributed by atoms with Gasteiger partial charge < -0.3 is 9.63 Å². The summed E-state index contributed by atoms with van der Waals surface area (Å²) in [6, 6.07) is 4.88. The SMILES string of the molecule is O=C(O)c1cc(-c2cc(F)ccc2Cl)on1. The van der Waals surface area contributed by atoms with Crippen LogP contribution in [0.3, 0.4) is 0 Å². The molecule has 0 bridgehead atoms. The van der Waals surface area contributed by atoms with E-state index in [-0.39, 0.29) is 22.0 Å². The second-order valence-electron chi connectivity index (χ2n) is 3.01. The lowest BCUT2D eigenvalue weighted by Gasteiger charge is -1.98. The molecule has 1 aromatic carbocycles. The van der Waals surface area contributed by atoms with Crippen LogP contribution in [0.25, 0.3) is 11.3 Å². The highest BCUT2D eigenvalue weighted by atomic mass is 35.5. The quantitative estimate of drug-likeness (QED) is 0.878. The van der Waals surface area contributed by atoms with Crippen molar-refractivity contribution in [1.29, 1.82) is 0 Å². The molecule has 2 rings (SSSR count). The fourth-order valence-electron chi connectivity index (χ4n) is 1.19. The zero-order valence-corrected chi connectivity index (χ0v) is 8.53. The van der Waals surface area contributed by atoms with Gasteiger partial charge in [-0.2, -0.15) is 0 Å². The van der Waals surface area contributed by atoms with E-state index in [0.717, 1.165) is 6.07 Å². The fourth-order valence-corrected chi connectivity index (χ4v) is 1.40. The Balaban J connectivity index is 2.50. The van der Waals surface area contributed by atoms with E-state index in [1.165, 1.54) is 18.2 Å². The molecule has 0 saturated carbocycles. The maximum atomic E-state index is 13.0. The van der Waals surface area contributed by atoms with E-state index in [1.807, 2.05) is 0 Å². The van der Waals surface area contributed by atoms with Crippen molar-refractivity contribution < 1.29 is 18.8 Å². The Morgan fingerprint density at radius 2 is 2.19 bits per heavy atom. The number of benzene rings is 1.